The van der Waals surface area contributed by atoms with E-state index in [0.29, 0.717) is 22.6 Å². The largest absolute Gasteiger partial charge is 0.487 e. The third-order valence-electron chi connectivity index (χ3n) is 4.61. The molecule has 29 heavy (non-hydrogen) atoms. The summed E-state index contributed by atoms with van der Waals surface area (Å²) in [5.41, 5.74) is 1.36. The van der Waals surface area contributed by atoms with Crippen molar-refractivity contribution >= 4 is 11.2 Å². The number of aliphatic hydroxyl groups is 2. The number of imidazole rings is 1. The third-order valence-corrected chi connectivity index (χ3v) is 4.61. The van der Waals surface area contributed by atoms with Crippen LogP contribution in [0.15, 0.2) is 36.9 Å². The molecular weight excluding hydrogens is 390 g/mol. The highest BCUT2D eigenvalue weighted by atomic mass is 19.3. The maximum atomic E-state index is 12.2. The zero-order chi connectivity index (χ0) is 20.5. The first-order chi connectivity index (χ1) is 13.9. The van der Waals surface area contributed by atoms with Gasteiger partial charge in [0.25, 0.3) is 0 Å². The Morgan fingerprint density at radius 3 is 2.48 bits per heavy atom. The number of halogens is 2. The molecule has 1 aliphatic rings. The number of hydrogen-bond acceptors (Lipinski definition) is 8. The first-order valence-electron chi connectivity index (χ1n) is 8.79. The Labute approximate surface area is 163 Å². The molecule has 4 atom stereocenters. The van der Waals surface area contributed by atoms with Crippen molar-refractivity contribution in [2.75, 3.05) is 0 Å². The molecule has 1 saturated heterocycles. The lowest BCUT2D eigenvalue weighted by Crippen LogP contribution is -2.30. The summed E-state index contributed by atoms with van der Waals surface area (Å²) in [6, 6.07) is 5.74. The molecule has 3 heterocycles. The van der Waals surface area contributed by atoms with E-state index in [-0.39, 0.29) is 12.4 Å². The lowest BCUT2D eigenvalue weighted by Gasteiger charge is -2.16. The summed E-state index contributed by atoms with van der Waals surface area (Å²) in [5.74, 6) is 0.464. The SMILES string of the molecule is C[C@H]1O[C@@H](n2cnc3c(COc4ccc(OC(F)F)cc4)ncnc32)[C@H](O)[C@@H]1O. The summed E-state index contributed by atoms with van der Waals surface area (Å²) in [6.07, 6.45) is -0.701. The van der Waals surface area contributed by atoms with Gasteiger partial charge in [-0.1, -0.05) is 0 Å². The van der Waals surface area contributed by atoms with E-state index in [4.69, 9.17) is 9.47 Å². The number of nitrogens with zero attached hydrogens (tertiary/aromatic N) is 4. The average molecular weight is 408 g/mol. The average Bonchev–Trinajstić information content (AvgIpc) is 3.24. The van der Waals surface area contributed by atoms with Crippen LogP contribution in [0.4, 0.5) is 8.78 Å². The minimum atomic E-state index is -2.89. The Kier molecular flexibility index (Phi) is 5.26. The minimum Gasteiger partial charge on any atom is -0.487 e. The molecule has 3 aromatic rings. The Hall–Kier alpha value is -2.89. The van der Waals surface area contributed by atoms with Crippen LogP contribution in [0.1, 0.15) is 18.8 Å². The van der Waals surface area contributed by atoms with Gasteiger partial charge >= 0.3 is 6.61 Å². The molecule has 1 fully saturated rings. The van der Waals surface area contributed by atoms with E-state index in [0.717, 1.165) is 0 Å². The normalized spacial score (nSPS) is 24.3. The maximum Gasteiger partial charge on any atom is 0.387 e. The second kappa shape index (κ2) is 7.85. The predicted molar refractivity (Wildman–Crippen MR) is 94.3 cm³/mol. The summed E-state index contributed by atoms with van der Waals surface area (Å²) >= 11 is 0. The monoisotopic (exact) mass is 408 g/mol. The van der Waals surface area contributed by atoms with Gasteiger partial charge in [-0.15, -0.1) is 0 Å². The third kappa shape index (κ3) is 3.84. The van der Waals surface area contributed by atoms with Crippen LogP contribution in [0.5, 0.6) is 11.5 Å². The molecule has 0 bridgehead atoms. The van der Waals surface area contributed by atoms with E-state index < -0.39 is 31.2 Å². The van der Waals surface area contributed by atoms with Crippen LogP contribution in [0, 0.1) is 0 Å². The molecule has 9 nitrogen and oxygen atoms in total. The molecule has 0 aliphatic carbocycles. The number of benzene rings is 1. The lowest BCUT2D eigenvalue weighted by atomic mass is 10.1. The maximum absolute atomic E-state index is 12.2. The quantitative estimate of drug-likeness (QED) is 0.633. The fourth-order valence-electron chi connectivity index (χ4n) is 3.12. The first-order valence-corrected chi connectivity index (χ1v) is 8.79. The topological polar surface area (TPSA) is 112 Å². The molecule has 2 aromatic heterocycles. The summed E-state index contributed by atoms with van der Waals surface area (Å²) in [7, 11) is 0. The van der Waals surface area contributed by atoms with Crippen LogP contribution >= 0.6 is 0 Å². The molecule has 4 rings (SSSR count). The van der Waals surface area contributed by atoms with Crippen molar-refractivity contribution in [1.82, 2.24) is 19.5 Å². The van der Waals surface area contributed by atoms with Gasteiger partial charge in [0.2, 0.25) is 0 Å². The highest BCUT2D eigenvalue weighted by Crippen LogP contribution is 2.31. The molecule has 2 N–H and O–H groups in total. The van der Waals surface area contributed by atoms with Gasteiger partial charge in [0.05, 0.1) is 12.4 Å². The fourth-order valence-corrected chi connectivity index (χ4v) is 3.12. The van der Waals surface area contributed by atoms with Gasteiger partial charge in [-0.3, -0.25) is 4.57 Å². The van der Waals surface area contributed by atoms with Crippen molar-refractivity contribution in [2.24, 2.45) is 0 Å². The molecule has 1 aromatic carbocycles. The second-order valence-corrected chi connectivity index (χ2v) is 6.50. The molecule has 0 amide bonds. The summed E-state index contributed by atoms with van der Waals surface area (Å²) < 4.78 is 41.5. The number of hydrogen-bond donors (Lipinski definition) is 2. The van der Waals surface area contributed by atoms with Crippen LogP contribution in [0.25, 0.3) is 11.2 Å². The molecule has 1 aliphatic heterocycles. The fraction of sp³-hybridized carbons (Fsp3) is 0.389. The van der Waals surface area contributed by atoms with Crippen molar-refractivity contribution in [2.45, 2.75) is 44.7 Å². The van der Waals surface area contributed by atoms with Crippen molar-refractivity contribution < 1.29 is 33.2 Å². The summed E-state index contributed by atoms with van der Waals surface area (Å²) in [4.78, 5) is 12.7. The molecule has 0 saturated carbocycles. The van der Waals surface area contributed by atoms with Gasteiger partial charge in [0, 0.05) is 0 Å². The molecule has 0 radical (unpaired) electrons. The zero-order valence-electron chi connectivity index (χ0n) is 15.2. The Morgan fingerprint density at radius 1 is 1.10 bits per heavy atom. The summed E-state index contributed by atoms with van der Waals surface area (Å²) in [6.45, 7) is -1.17. The standard InChI is InChI=1S/C18H18F2N4O5/c1-9-14(25)15(26)17(28-9)24-8-23-13-12(21-7-22-16(13)24)6-27-10-2-4-11(5-3-10)29-18(19)20/h2-5,7-9,14-15,17-18,25-26H,6H2,1H3/t9-,14-,15-,17-/m1/s1. The smallest absolute Gasteiger partial charge is 0.387 e. The number of alkyl halides is 2. The minimum absolute atomic E-state index is 0.0297. The van der Waals surface area contributed by atoms with E-state index in [1.54, 1.807) is 6.92 Å². The second-order valence-electron chi connectivity index (χ2n) is 6.50. The Bertz CT molecular complexity index is 984. The Balaban J connectivity index is 1.51. The van der Waals surface area contributed by atoms with Gasteiger partial charge in [-0.25, -0.2) is 15.0 Å². The molecule has 11 heteroatoms. The van der Waals surface area contributed by atoms with Gasteiger partial charge in [-0.2, -0.15) is 8.78 Å². The van der Waals surface area contributed by atoms with E-state index in [2.05, 4.69) is 19.7 Å². The highest BCUT2D eigenvalue weighted by molar-refractivity contribution is 5.73. The van der Waals surface area contributed by atoms with Gasteiger partial charge in [0.1, 0.15) is 47.9 Å². The van der Waals surface area contributed by atoms with Gasteiger partial charge < -0.3 is 24.4 Å². The Morgan fingerprint density at radius 2 is 1.83 bits per heavy atom. The van der Waals surface area contributed by atoms with E-state index in [9.17, 15) is 19.0 Å². The first kappa shape index (κ1) is 19.4. The van der Waals surface area contributed by atoms with E-state index >= 15 is 0 Å². The number of aromatic nitrogens is 4. The predicted octanol–water partition coefficient (Wildman–Crippen LogP) is 1.65. The van der Waals surface area contributed by atoms with Crippen LogP contribution in [0.3, 0.4) is 0 Å². The van der Waals surface area contributed by atoms with E-state index in [1.807, 2.05) is 0 Å². The van der Waals surface area contributed by atoms with Gasteiger partial charge in [-0.05, 0) is 31.2 Å². The van der Waals surface area contributed by atoms with Crippen LogP contribution < -0.4 is 9.47 Å². The van der Waals surface area contributed by atoms with Crippen LogP contribution in [0.2, 0.25) is 0 Å². The van der Waals surface area contributed by atoms with Crippen LogP contribution in [-0.2, 0) is 11.3 Å². The van der Waals surface area contributed by atoms with E-state index in [1.165, 1.54) is 41.5 Å². The molecule has 154 valence electrons. The highest BCUT2D eigenvalue weighted by Gasteiger charge is 2.42. The summed E-state index contributed by atoms with van der Waals surface area (Å²) in [5, 5.41) is 20.1. The number of aliphatic hydroxyl groups excluding tert-OH is 2. The number of ether oxygens (including phenoxy) is 3. The molecule has 0 spiro atoms. The molecule has 0 unspecified atom stereocenters. The molecular formula is C18H18F2N4O5. The van der Waals surface area contributed by atoms with Gasteiger partial charge in [0.15, 0.2) is 11.9 Å². The van der Waals surface area contributed by atoms with Crippen molar-refractivity contribution in [3.05, 3.63) is 42.6 Å². The van der Waals surface area contributed by atoms with Crippen molar-refractivity contribution in [3.8, 4) is 11.5 Å². The van der Waals surface area contributed by atoms with Crippen LogP contribution in [-0.4, -0.2) is 54.7 Å². The van der Waals surface area contributed by atoms with Crippen molar-refractivity contribution in [3.63, 3.8) is 0 Å². The zero-order valence-corrected chi connectivity index (χ0v) is 15.2. The lowest BCUT2D eigenvalue weighted by molar-refractivity contribution is -0.0498. The van der Waals surface area contributed by atoms with Crippen molar-refractivity contribution in [1.29, 1.82) is 0 Å². The number of rotatable bonds is 6. The number of fused-ring (bicyclic) bond motifs is 1.